The number of hydrogen-bond acceptors (Lipinski definition) is 5. The molecule has 0 fully saturated rings. The number of rotatable bonds is 4. The Morgan fingerprint density at radius 2 is 1.35 bits per heavy atom. The van der Waals surface area contributed by atoms with Gasteiger partial charge in [0.1, 0.15) is 12.0 Å². The average Bonchev–Trinajstić information content (AvgIpc) is 2.67. The van der Waals surface area contributed by atoms with E-state index in [1.165, 1.54) is 6.33 Å². The lowest BCUT2D eigenvalue weighted by Gasteiger charge is -2.14. The fourth-order valence-corrected chi connectivity index (χ4v) is 2.90. The van der Waals surface area contributed by atoms with Crippen molar-refractivity contribution in [2.24, 2.45) is 0 Å². The molecule has 0 bridgehead atoms. The zero-order valence-corrected chi connectivity index (χ0v) is 14.4. The second-order valence-electron chi connectivity index (χ2n) is 6.08. The van der Waals surface area contributed by atoms with Crippen LogP contribution in [0.5, 0.6) is 0 Å². The van der Waals surface area contributed by atoms with Gasteiger partial charge in [-0.2, -0.15) is 0 Å². The summed E-state index contributed by atoms with van der Waals surface area (Å²) < 4.78 is 0. The molecular weight excluding hydrogens is 322 g/mol. The first kappa shape index (κ1) is 15.9. The third kappa shape index (κ3) is 3.02. The molecule has 0 unspecified atom stereocenters. The van der Waals surface area contributed by atoms with E-state index in [4.69, 9.17) is 5.73 Å². The van der Waals surface area contributed by atoms with Gasteiger partial charge in [0.2, 0.25) is 0 Å². The molecule has 4 N–H and O–H groups in total. The van der Waals surface area contributed by atoms with Crippen LogP contribution in [0.2, 0.25) is 0 Å². The molecule has 5 nitrogen and oxygen atoms in total. The highest BCUT2D eigenvalue weighted by molar-refractivity contribution is 5.96. The van der Waals surface area contributed by atoms with Gasteiger partial charge in [0.15, 0.2) is 11.6 Å². The van der Waals surface area contributed by atoms with Gasteiger partial charge in [-0.25, -0.2) is 9.97 Å². The lowest BCUT2D eigenvalue weighted by molar-refractivity contribution is 1.17. The second kappa shape index (κ2) is 6.72. The zero-order valence-electron chi connectivity index (χ0n) is 14.4. The number of aromatic nitrogens is 2. The average molecular weight is 341 g/mol. The van der Waals surface area contributed by atoms with Crippen LogP contribution in [0, 0.1) is 6.92 Å². The Morgan fingerprint density at radius 1 is 0.731 bits per heavy atom. The van der Waals surface area contributed by atoms with Crippen molar-refractivity contribution in [2.45, 2.75) is 6.92 Å². The van der Waals surface area contributed by atoms with Crippen molar-refractivity contribution >= 4 is 39.5 Å². The summed E-state index contributed by atoms with van der Waals surface area (Å²) in [6, 6.07) is 22.3. The van der Waals surface area contributed by atoms with E-state index in [0.29, 0.717) is 17.3 Å². The summed E-state index contributed by atoms with van der Waals surface area (Å²) in [5, 5.41) is 8.90. The van der Waals surface area contributed by atoms with Crippen LogP contribution in [0.1, 0.15) is 5.56 Å². The number of hydrogen-bond donors (Lipinski definition) is 3. The lowest BCUT2D eigenvalue weighted by atomic mass is 10.1. The van der Waals surface area contributed by atoms with E-state index in [-0.39, 0.29) is 0 Å². The van der Waals surface area contributed by atoms with E-state index in [2.05, 4.69) is 38.8 Å². The molecule has 1 aromatic heterocycles. The van der Waals surface area contributed by atoms with Crippen LogP contribution in [-0.2, 0) is 0 Å². The number of para-hydroxylation sites is 1. The van der Waals surface area contributed by atoms with Crippen LogP contribution in [-0.4, -0.2) is 9.97 Å². The molecule has 4 aromatic rings. The predicted molar refractivity (Wildman–Crippen MR) is 108 cm³/mol. The third-order valence-corrected chi connectivity index (χ3v) is 4.32. The highest BCUT2D eigenvalue weighted by Crippen LogP contribution is 2.31. The number of nitrogens with two attached hydrogens (primary N) is 1. The molecule has 5 heteroatoms. The maximum absolute atomic E-state index is 6.32. The second-order valence-corrected chi connectivity index (χ2v) is 6.08. The van der Waals surface area contributed by atoms with Gasteiger partial charge < -0.3 is 16.4 Å². The van der Waals surface area contributed by atoms with Crippen LogP contribution >= 0.6 is 0 Å². The first-order valence-corrected chi connectivity index (χ1v) is 8.40. The molecule has 0 spiro atoms. The first-order valence-electron chi connectivity index (χ1n) is 8.40. The molecule has 0 aliphatic heterocycles. The Morgan fingerprint density at radius 3 is 2.15 bits per heavy atom. The molecule has 0 aliphatic carbocycles. The van der Waals surface area contributed by atoms with E-state index in [1.54, 1.807) is 0 Å². The molecule has 0 aliphatic rings. The summed E-state index contributed by atoms with van der Waals surface area (Å²) in [6.45, 7) is 2.04. The number of nitrogens with zero attached hydrogens (tertiary/aromatic N) is 2. The van der Waals surface area contributed by atoms with Crippen LogP contribution in [0.3, 0.4) is 0 Å². The Kier molecular flexibility index (Phi) is 4.11. The van der Waals surface area contributed by atoms with E-state index in [9.17, 15) is 0 Å². The minimum atomic E-state index is 0.476. The Balaban J connectivity index is 1.69. The number of fused-ring (bicyclic) bond motifs is 1. The molecule has 128 valence electrons. The molecule has 1 heterocycles. The highest BCUT2D eigenvalue weighted by atomic mass is 15.1. The maximum Gasteiger partial charge on any atom is 0.159 e. The van der Waals surface area contributed by atoms with Crippen LogP contribution in [0.25, 0.3) is 10.8 Å². The van der Waals surface area contributed by atoms with Crippen molar-refractivity contribution in [1.82, 2.24) is 9.97 Å². The predicted octanol–water partition coefficient (Wildman–Crippen LogP) is 5.01. The van der Waals surface area contributed by atoms with Gasteiger partial charge in [-0.05, 0) is 30.0 Å². The van der Waals surface area contributed by atoms with Gasteiger partial charge in [-0.1, -0.05) is 54.6 Å². The van der Waals surface area contributed by atoms with Crippen molar-refractivity contribution < 1.29 is 0 Å². The fourth-order valence-electron chi connectivity index (χ4n) is 2.90. The molecular formula is C21H19N5. The van der Waals surface area contributed by atoms with Crippen molar-refractivity contribution in [3.8, 4) is 0 Å². The summed E-state index contributed by atoms with van der Waals surface area (Å²) in [7, 11) is 0. The molecule has 0 amide bonds. The molecule has 26 heavy (non-hydrogen) atoms. The van der Waals surface area contributed by atoms with Gasteiger partial charge in [0.25, 0.3) is 0 Å². The maximum atomic E-state index is 6.32. The molecule has 3 aromatic carbocycles. The van der Waals surface area contributed by atoms with E-state index in [1.807, 2.05) is 55.5 Å². The molecule has 0 atom stereocenters. The molecule has 0 radical (unpaired) electrons. The molecule has 0 saturated carbocycles. The van der Waals surface area contributed by atoms with Crippen molar-refractivity contribution in [2.75, 3.05) is 16.4 Å². The number of aryl methyl sites for hydroxylation is 1. The van der Waals surface area contributed by atoms with E-state index in [0.717, 1.165) is 27.7 Å². The number of nitrogens with one attached hydrogen (secondary N) is 2. The first-order chi connectivity index (χ1) is 12.7. The van der Waals surface area contributed by atoms with E-state index >= 15 is 0 Å². The number of benzene rings is 3. The summed E-state index contributed by atoms with van der Waals surface area (Å²) in [6.07, 6.45) is 1.50. The van der Waals surface area contributed by atoms with Gasteiger partial charge in [-0.3, -0.25) is 0 Å². The minimum Gasteiger partial charge on any atom is -0.393 e. The highest BCUT2D eigenvalue weighted by Gasteiger charge is 2.10. The lowest BCUT2D eigenvalue weighted by Crippen LogP contribution is -2.05. The fraction of sp³-hybridized carbons (Fsp3) is 0.0476. The zero-order chi connectivity index (χ0) is 17.9. The Labute approximate surface area is 151 Å². The third-order valence-electron chi connectivity index (χ3n) is 4.32. The topological polar surface area (TPSA) is 75.9 Å². The molecule has 0 saturated heterocycles. The summed E-state index contributed by atoms with van der Waals surface area (Å²) in [5.41, 5.74) is 9.84. The normalized spacial score (nSPS) is 10.7. The summed E-state index contributed by atoms with van der Waals surface area (Å²) in [5.74, 6) is 1.16. The molecule has 4 rings (SSSR count). The Bertz CT molecular complexity index is 1070. The SMILES string of the molecule is Cc1ccccc1Nc1ncnc(Nc2cccc3ccccc23)c1N. The smallest absolute Gasteiger partial charge is 0.159 e. The van der Waals surface area contributed by atoms with Gasteiger partial charge in [0.05, 0.1) is 0 Å². The standard InChI is InChI=1S/C21H19N5/c1-14-7-2-5-11-17(14)25-20-19(22)21(24-13-23-20)26-18-12-6-9-15-8-3-4-10-16(15)18/h2-13H,22H2,1H3,(H2,23,24,25,26). The number of nitrogen functional groups attached to an aromatic ring is 1. The number of anilines is 5. The van der Waals surface area contributed by atoms with Gasteiger partial charge in [-0.15, -0.1) is 0 Å². The van der Waals surface area contributed by atoms with Gasteiger partial charge in [0, 0.05) is 16.8 Å². The van der Waals surface area contributed by atoms with Crippen LogP contribution in [0.4, 0.5) is 28.7 Å². The summed E-state index contributed by atoms with van der Waals surface area (Å²) >= 11 is 0. The van der Waals surface area contributed by atoms with E-state index < -0.39 is 0 Å². The monoisotopic (exact) mass is 341 g/mol. The quantitative estimate of drug-likeness (QED) is 0.486. The van der Waals surface area contributed by atoms with Gasteiger partial charge >= 0.3 is 0 Å². The Hall–Kier alpha value is -3.60. The van der Waals surface area contributed by atoms with Crippen LogP contribution in [0.15, 0.2) is 73.1 Å². The largest absolute Gasteiger partial charge is 0.393 e. The van der Waals surface area contributed by atoms with Crippen molar-refractivity contribution in [3.63, 3.8) is 0 Å². The van der Waals surface area contributed by atoms with Crippen molar-refractivity contribution in [1.29, 1.82) is 0 Å². The van der Waals surface area contributed by atoms with Crippen LogP contribution < -0.4 is 16.4 Å². The summed E-state index contributed by atoms with van der Waals surface area (Å²) in [4.78, 5) is 8.61. The van der Waals surface area contributed by atoms with Crippen molar-refractivity contribution in [3.05, 3.63) is 78.6 Å². The minimum absolute atomic E-state index is 0.476.